The summed E-state index contributed by atoms with van der Waals surface area (Å²) in [5.41, 5.74) is 7.21. The number of rotatable bonds is 8. The second kappa shape index (κ2) is 6.92. The van der Waals surface area contributed by atoms with Crippen LogP contribution >= 0.6 is 0 Å². The van der Waals surface area contributed by atoms with Crippen LogP contribution in [0.2, 0.25) is 0 Å². The largest absolute Gasteiger partial charge is 0.491 e. The molecule has 0 saturated heterocycles. The smallest absolute Gasteiger partial charge is 0.119 e. The summed E-state index contributed by atoms with van der Waals surface area (Å²) < 4.78 is 11.2. The second-order valence-corrected chi connectivity index (χ2v) is 5.65. The molecule has 1 atom stereocenters. The molecule has 0 heterocycles. The van der Waals surface area contributed by atoms with E-state index in [2.05, 4.69) is 0 Å². The zero-order valence-electron chi connectivity index (χ0n) is 12.0. The maximum Gasteiger partial charge on any atom is 0.119 e. The minimum absolute atomic E-state index is 0.0488. The molecule has 0 amide bonds. The molecule has 3 heteroatoms. The SMILES string of the molecule is CC(C)Oc1ccc(C(N)COCCC2CC2)cc1. The van der Waals surface area contributed by atoms with Crippen LogP contribution in [0, 0.1) is 5.92 Å². The highest BCUT2D eigenvalue weighted by molar-refractivity contribution is 5.29. The van der Waals surface area contributed by atoms with Gasteiger partial charge in [0.1, 0.15) is 5.75 Å². The molecule has 1 aromatic rings. The van der Waals surface area contributed by atoms with Crippen LogP contribution < -0.4 is 10.5 Å². The highest BCUT2D eigenvalue weighted by Crippen LogP contribution is 2.32. The second-order valence-electron chi connectivity index (χ2n) is 5.65. The van der Waals surface area contributed by atoms with E-state index in [1.165, 1.54) is 19.3 Å². The van der Waals surface area contributed by atoms with Gasteiger partial charge in [-0.1, -0.05) is 25.0 Å². The first-order valence-corrected chi connectivity index (χ1v) is 7.25. The summed E-state index contributed by atoms with van der Waals surface area (Å²) in [5, 5.41) is 0. The maximum atomic E-state index is 6.11. The third-order valence-electron chi connectivity index (χ3n) is 3.34. The van der Waals surface area contributed by atoms with Crippen LogP contribution in [0.1, 0.15) is 44.7 Å². The highest BCUT2D eigenvalue weighted by Gasteiger charge is 2.20. The minimum atomic E-state index is -0.0488. The Morgan fingerprint density at radius 2 is 1.89 bits per heavy atom. The van der Waals surface area contributed by atoms with Crippen molar-refractivity contribution in [3.8, 4) is 5.75 Å². The van der Waals surface area contributed by atoms with Crippen molar-refractivity contribution in [2.24, 2.45) is 11.7 Å². The number of benzene rings is 1. The van der Waals surface area contributed by atoms with Gasteiger partial charge in [-0.05, 0) is 43.9 Å². The summed E-state index contributed by atoms with van der Waals surface area (Å²) in [6.45, 7) is 5.48. The van der Waals surface area contributed by atoms with Crippen molar-refractivity contribution in [1.82, 2.24) is 0 Å². The van der Waals surface area contributed by atoms with E-state index in [9.17, 15) is 0 Å². The summed E-state index contributed by atoms with van der Waals surface area (Å²) in [4.78, 5) is 0. The number of hydrogen-bond donors (Lipinski definition) is 1. The van der Waals surface area contributed by atoms with Gasteiger partial charge in [0.25, 0.3) is 0 Å². The normalized spacial score (nSPS) is 16.6. The average Bonchev–Trinajstić information content (AvgIpc) is 3.18. The molecule has 2 N–H and O–H groups in total. The first kappa shape index (κ1) is 14.4. The molecule has 0 radical (unpaired) electrons. The van der Waals surface area contributed by atoms with Gasteiger partial charge in [-0.2, -0.15) is 0 Å². The van der Waals surface area contributed by atoms with E-state index in [-0.39, 0.29) is 12.1 Å². The Morgan fingerprint density at radius 1 is 1.21 bits per heavy atom. The Bertz CT molecular complexity index is 371. The van der Waals surface area contributed by atoms with Crippen LogP contribution in [0.5, 0.6) is 5.75 Å². The predicted molar refractivity (Wildman–Crippen MR) is 77.3 cm³/mol. The molecule has 1 aromatic carbocycles. The summed E-state index contributed by atoms with van der Waals surface area (Å²) >= 11 is 0. The van der Waals surface area contributed by atoms with E-state index in [0.717, 1.165) is 23.8 Å². The van der Waals surface area contributed by atoms with E-state index < -0.39 is 0 Å². The van der Waals surface area contributed by atoms with E-state index in [0.29, 0.717) is 6.61 Å². The van der Waals surface area contributed by atoms with Gasteiger partial charge in [0, 0.05) is 6.61 Å². The molecule has 0 spiro atoms. The van der Waals surface area contributed by atoms with Gasteiger partial charge < -0.3 is 15.2 Å². The fourth-order valence-corrected chi connectivity index (χ4v) is 2.03. The molecule has 0 bridgehead atoms. The summed E-state index contributed by atoms with van der Waals surface area (Å²) in [6, 6.07) is 7.94. The lowest BCUT2D eigenvalue weighted by molar-refractivity contribution is 0.115. The van der Waals surface area contributed by atoms with Crippen LogP contribution in [-0.4, -0.2) is 19.3 Å². The van der Waals surface area contributed by atoms with Crippen molar-refractivity contribution in [2.45, 2.75) is 45.3 Å². The van der Waals surface area contributed by atoms with Crippen molar-refractivity contribution < 1.29 is 9.47 Å². The van der Waals surface area contributed by atoms with E-state index >= 15 is 0 Å². The molecule has 1 saturated carbocycles. The maximum absolute atomic E-state index is 6.11. The fourth-order valence-electron chi connectivity index (χ4n) is 2.03. The molecular formula is C16H25NO2. The zero-order valence-corrected chi connectivity index (χ0v) is 12.0. The van der Waals surface area contributed by atoms with Gasteiger partial charge in [0.2, 0.25) is 0 Å². The molecule has 0 aromatic heterocycles. The summed E-state index contributed by atoms with van der Waals surface area (Å²) in [7, 11) is 0. The quantitative estimate of drug-likeness (QED) is 0.732. The Labute approximate surface area is 116 Å². The molecule has 1 aliphatic carbocycles. The lowest BCUT2D eigenvalue weighted by atomic mass is 10.1. The molecule has 1 aliphatic rings. The van der Waals surface area contributed by atoms with Crippen LogP contribution in [0.3, 0.4) is 0 Å². The fraction of sp³-hybridized carbons (Fsp3) is 0.625. The molecule has 0 aliphatic heterocycles. The number of ether oxygens (including phenoxy) is 2. The van der Waals surface area contributed by atoms with Gasteiger partial charge >= 0.3 is 0 Å². The van der Waals surface area contributed by atoms with Gasteiger partial charge in [-0.15, -0.1) is 0 Å². The van der Waals surface area contributed by atoms with Crippen LogP contribution in [0.4, 0.5) is 0 Å². The molecule has 1 unspecified atom stereocenters. The lowest BCUT2D eigenvalue weighted by Crippen LogP contribution is -2.17. The Kier molecular flexibility index (Phi) is 5.23. The average molecular weight is 263 g/mol. The standard InChI is InChI=1S/C16H25NO2/c1-12(2)19-15-7-5-14(6-8-15)16(17)11-18-10-9-13-3-4-13/h5-8,12-13,16H,3-4,9-11,17H2,1-2H3. The van der Waals surface area contributed by atoms with Crippen molar-refractivity contribution in [2.75, 3.05) is 13.2 Å². The number of hydrogen-bond acceptors (Lipinski definition) is 3. The Hall–Kier alpha value is -1.06. The third kappa shape index (κ3) is 5.21. The van der Waals surface area contributed by atoms with E-state index in [1.807, 2.05) is 38.1 Å². The van der Waals surface area contributed by atoms with Gasteiger partial charge in [0.05, 0.1) is 18.8 Å². The summed E-state index contributed by atoms with van der Waals surface area (Å²) in [5.74, 6) is 1.81. The van der Waals surface area contributed by atoms with Crippen molar-refractivity contribution in [1.29, 1.82) is 0 Å². The van der Waals surface area contributed by atoms with Gasteiger partial charge in [0.15, 0.2) is 0 Å². The molecule has 1 fully saturated rings. The van der Waals surface area contributed by atoms with Crippen LogP contribution in [0.25, 0.3) is 0 Å². The topological polar surface area (TPSA) is 44.5 Å². The van der Waals surface area contributed by atoms with Crippen LogP contribution in [-0.2, 0) is 4.74 Å². The zero-order chi connectivity index (χ0) is 13.7. The van der Waals surface area contributed by atoms with Gasteiger partial charge in [-0.3, -0.25) is 0 Å². The van der Waals surface area contributed by atoms with Crippen molar-refractivity contribution in [3.05, 3.63) is 29.8 Å². The third-order valence-corrected chi connectivity index (χ3v) is 3.34. The Balaban J connectivity index is 1.72. The van der Waals surface area contributed by atoms with E-state index in [1.54, 1.807) is 0 Å². The molecule has 19 heavy (non-hydrogen) atoms. The molecule has 106 valence electrons. The minimum Gasteiger partial charge on any atom is -0.491 e. The molecule has 2 rings (SSSR count). The Morgan fingerprint density at radius 3 is 2.47 bits per heavy atom. The molecular weight excluding hydrogens is 238 g/mol. The molecule has 3 nitrogen and oxygen atoms in total. The highest BCUT2D eigenvalue weighted by atomic mass is 16.5. The predicted octanol–water partition coefficient (Wildman–Crippen LogP) is 3.29. The van der Waals surface area contributed by atoms with Crippen LogP contribution in [0.15, 0.2) is 24.3 Å². The van der Waals surface area contributed by atoms with Crippen molar-refractivity contribution >= 4 is 0 Å². The van der Waals surface area contributed by atoms with E-state index in [4.69, 9.17) is 15.2 Å². The summed E-state index contributed by atoms with van der Waals surface area (Å²) in [6.07, 6.45) is 4.15. The van der Waals surface area contributed by atoms with Crippen molar-refractivity contribution in [3.63, 3.8) is 0 Å². The van der Waals surface area contributed by atoms with Gasteiger partial charge in [-0.25, -0.2) is 0 Å². The monoisotopic (exact) mass is 263 g/mol. The lowest BCUT2D eigenvalue weighted by Gasteiger charge is -2.14. The first-order valence-electron chi connectivity index (χ1n) is 7.25. The number of nitrogens with two attached hydrogens (primary N) is 1. The first-order chi connectivity index (χ1) is 9.15.